The third kappa shape index (κ3) is 6.65. The largest absolute Gasteiger partial charge is 0.493 e. The molecule has 0 amide bonds. The van der Waals surface area contributed by atoms with E-state index < -0.39 is 0 Å². The lowest BCUT2D eigenvalue weighted by Gasteiger charge is -2.11. The van der Waals surface area contributed by atoms with E-state index in [-0.39, 0.29) is 12.4 Å². The van der Waals surface area contributed by atoms with Gasteiger partial charge in [-0.15, -0.1) is 11.3 Å². The first-order valence-corrected chi connectivity index (χ1v) is 9.55. The molecule has 0 spiro atoms. The molecule has 0 aliphatic rings. The van der Waals surface area contributed by atoms with Crippen LogP contribution in [0.4, 0.5) is 5.13 Å². The van der Waals surface area contributed by atoms with E-state index in [4.69, 9.17) is 21.1 Å². The quantitative estimate of drug-likeness (QED) is 0.387. The van der Waals surface area contributed by atoms with Crippen molar-refractivity contribution in [3.8, 4) is 5.75 Å². The van der Waals surface area contributed by atoms with Crippen molar-refractivity contribution in [2.24, 2.45) is 11.0 Å². The monoisotopic (exact) mass is 395 g/mol. The highest BCUT2D eigenvalue weighted by Crippen LogP contribution is 2.22. The molecule has 0 aliphatic heterocycles. The fraction of sp³-hybridized carbons (Fsp3) is 0.389. The summed E-state index contributed by atoms with van der Waals surface area (Å²) >= 11 is 7.43. The van der Waals surface area contributed by atoms with Crippen molar-refractivity contribution in [3.63, 3.8) is 0 Å². The Kier molecular flexibility index (Phi) is 7.87. The summed E-state index contributed by atoms with van der Waals surface area (Å²) in [7, 11) is 0. The van der Waals surface area contributed by atoms with Crippen molar-refractivity contribution >= 4 is 40.3 Å². The van der Waals surface area contributed by atoms with Crippen molar-refractivity contribution < 1.29 is 14.3 Å². The van der Waals surface area contributed by atoms with Crippen molar-refractivity contribution in [3.05, 3.63) is 39.9 Å². The normalized spacial score (nSPS) is 11.1. The number of carbonyl (C=O) groups excluding carboxylic acids is 1. The topological polar surface area (TPSA) is 72.8 Å². The number of nitrogens with one attached hydrogen (secondary N) is 1. The number of hydrogen-bond donors (Lipinski definition) is 1. The highest BCUT2D eigenvalue weighted by molar-refractivity contribution is 7.13. The van der Waals surface area contributed by atoms with Crippen LogP contribution in [0.5, 0.6) is 5.75 Å². The molecule has 8 heteroatoms. The molecular formula is C18H22ClN3O3S. The maximum absolute atomic E-state index is 11.5. The molecule has 26 heavy (non-hydrogen) atoms. The number of benzene rings is 1. The molecule has 0 atom stereocenters. The maximum atomic E-state index is 11.5. The van der Waals surface area contributed by atoms with Gasteiger partial charge in [0.15, 0.2) is 0 Å². The number of rotatable bonds is 9. The number of aromatic nitrogens is 1. The minimum atomic E-state index is -0.293. The Morgan fingerprint density at radius 1 is 1.46 bits per heavy atom. The third-order valence-electron chi connectivity index (χ3n) is 3.09. The van der Waals surface area contributed by atoms with Crippen molar-refractivity contribution in [1.82, 2.24) is 4.98 Å². The van der Waals surface area contributed by atoms with Gasteiger partial charge in [0.1, 0.15) is 5.75 Å². The first-order chi connectivity index (χ1) is 12.5. The summed E-state index contributed by atoms with van der Waals surface area (Å²) in [6, 6.07) is 5.40. The van der Waals surface area contributed by atoms with Gasteiger partial charge in [-0.1, -0.05) is 25.4 Å². The van der Waals surface area contributed by atoms with E-state index in [1.165, 1.54) is 11.3 Å². The van der Waals surface area contributed by atoms with E-state index in [9.17, 15) is 4.79 Å². The zero-order valence-electron chi connectivity index (χ0n) is 15.0. The number of nitrogens with zero attached hydrogens (tertiary/aromatic N) is 2. The van der Waals surface area contributed by atoms with Crippen molar-refractivity contribution in [2.45, 2.75) is 27.2 Å². The zero-order chi connectivity index (χ0) is 18.9. The predicted octanol–water partition coefficient (Wildman–Crippen LogP) is 4.38. The first-order valence-electron chi connectivity index (χ1n) is 8.29. The molecule has 6 nitrogen and oxygen atoms in total. The second kappa shape index (κ2) is 10.1. The second-order valence-electron chi connectivity index (χ2n) is 5.88. The average Bonchev–Trinajstić information content (AvgIpc) is 3.01. The maximum Gasteiger partial charge on any atom is 0.311 e. The van der Waals surface area contributed by atoms with E-state index in [1.54, 1.807) is 30.7 Å². The summed E-state index contributed by atoms with van der Waals surface area (Å²) in [6.07, 6.45) is 1.78. The molecule has 0 unspecified atom stereocenters. The number of halogens is 1. The number of hydrogen-bond acceptors (Lipinski definition) is 7. The van der Waals surface area contributed by atoms with Gasteiger partial charge in [-0.05, 0) is 31.0 Å². The lowest BCUT2D eigenvalue weighted by Crippen LogP contribution is -2.07. The van der Waals surface area contributed by atoms with Crippen LogP contribution in [-0.2, 0) is 16.0 Å². The van der Waals surface area contributed by atoms with Crippen LogP contribution in [0.1, 0.15) is 32.0 Å². The van der Waals surface area contributed by atoms with E-state index in [1.807, 2.05) is 6.07 Å². The number of anilines is 1. The molecule has 1 heterocycles. The Labute approximate surface area is 162 Å². The Hall–Kier alpha value is -2.12. The number of esters is 1. The summed E-state index contributed by atoms with van der Waals surface area (Å²) in [5.74, 6) is 0.844. The van der Waals surface area contributed by atoms with Crippen LogP contribution >= 0.6 is 22.9 Å². The van der Waals surface area contributed by atoms with Gasteiger partial charge in [-0.3, -0.25) is 10.2 Å². The molecule has 2 aromatic rings. The summed E-state index contributed by atoms with van der Waals surface area (Å²) in [6.45, 7) is 6.91. The van der Waals surface area contributed by atoms with E-state index in [2.05, 4.69) is 29.4 Å². The van der Waals surface area contributed by atoms with Gasteiger partial charge in [0, 0.05) is 16.0 Å². The highest BCUT2D eigenvalue weighted by atomic mass is 35.5. The number of carbonyl (C=O) groups is 1. The smallest absolute Gasteiger partial charge is 0.311 e. The molecular weight excluding hydrogens is 374 g/mol. The molecule has 140 valence electrons. The average molecular weight is 396 g/mol. The Morgan fingerprint density at radius 2 is 2.27 bits per heavy atom. The van der Waals surface area contributed by atoms with Crippen LogP contribution in [0.25, 0.3) is 0 Å². The van der Waals surface area contributed by atoms with Gasteiger partial charge in [0.05, 0.1) is 31.5 Å². The van der Waals surface area contributed by atoms with Crippen molar-refractivity contribution in [1.29, 1.82) is 0 Å². The third-order valence-corrected chi connectivity index (χ3v) is 4.12. The minimum absolute atomic E-state index is 0.150. The van der Waals surface area contributed by atoms with E-state index in [0.29, 0.717) is 35.0 Å². The standard InChI is InChI=1S/C18H22ClN3O3S/c1-4-24-17(23)8-15-11-26-18(21-15)22-20-9-13-7-14(19)5-6-16(13)25-10-12(2)3/h5-7,9,11-12H,4,8,10H2,1-3H3,(H,21,22). The summed E-state index contributed by atoms with van der Waals surface area (Å²) in [5, 5.41) is 7.18. The second-order valence-corrected chi connectivity index (χ2v) is 7.18. The SMILES string of the molecule is CCOC(=O)Cc1csc(NN=Cc2cc(Cl)ccc2OCC(C)C)n1. The lowest BCUT2D eigenvalue weighted by molar-refractivity contribution is -0.142. The van der Waals surface area contributed by atoms with E-state index >= 15 is 0 Å². The van der Waals surface area contributed by atoms with Gasteiger partial charge in [-0.25, -0.2) is 4.98 Å². The lowest BCUT2D eigenvalue weighted by atomic mass is 10.2. The zero-order valence-corrected chi connectivity index (χ0v) is 16.6. The molecule has 0 saturated heterocycles. The molecule has 0 fully saturated rings. The molecule has 1 N–H and O–H groups in total. The molecule has 0 aliphatic carbocycles. The first kappa shape index (κ1) is 20.2. The predicted molar refractivity (Wildman–Crippen MR) is 105 cm³/mol. The summed E-state index contributed by atoms with van der Waals surface area (Å²) in [4.78, 5) is 15.8. The molecule has 0 radical (unpaired) electrons. The Morgan fingerprint density at radius 3 is 3.00 bits per heavy atom. The number of thiazole rings is 1. The van der Waals surface area contributed by atoms with Gasteiger partial charge >= 0.3 is 5.97 Å². The van der Waals surface area contributed by atoms with Gasteiger partial charge in [0.2, 0.25) is 5.13 Å². The van der Waals surface area contributed by atoms with Crippen LogP contribution in [-0.4, -0.2) is 30.4 Å². The molecule has 1 aromatic carbocycles. The van der Waals surface area contributed by atoms with Gasteiger partial charge in [0.25, 0.3) is 0 Å². The fourth-order valence-corrected chi connectivity index (χ4v) is 2.80. The Bertz CT molecular complexity index is 762. The molecule has 0 bridgehead atoms. The van der Waals surface area contributed by atoms with Gasteiger partial charge < -0.3 is 9.47 Å². The Balaban J connectivity index is 1.98. The minimum Gasteiger partial charge on any atom is -0.493 e. The van der Waals surface area contributed by atoms with Crippen LogP contribution in [0.15, 0.2) is 28.7 Å². The summed E-state index contributed by atoms with van der Waals surface area (Å²) < 4.78 is 10.7. The molecule has 0 saturated carbocycles. The molecule has 2 rings (SSSR count). The van der Waals surface area contributed by atoms with Crippen LogP contribution < -0.4 is 10.2 Å². The summed E-state index contributed by atoms with van der Waals surface area (Å²) in [5.41, 5.74) is 4.28. The van der Waals surface area contributed by atoms with Gasteiger partial charge in [-0.2, -0.15) is 5.10 Å². The van der Waals surface area contributed by atoms with E-state index in [0.717, 1.165) is 11.3 Å². The van der Waals surface area contributed by atoms with Crippen LogP contribution in [0.2, 0.25) is 5.02 Å². The van der Waals surface area contributed by atoms with Crippen molar-refractivity contribution in [2.75, 3.05) is 18.6 Å². The van der Waals surface area contributed by atoms with Crippen LogP contribution in [0.3, 0.4) is 0 Å². The molecule has 1 aromatic heterocycles. The number of hydrazone groups is 1. The number of ether oxygens (including phenoxy) is 2. The fourth-order valence-electron chi connectivity index (χ4n) is 1.96. The highest BCUT2D eigenvalue weighted by Gasteiger charge is 2.08. The van der Waals surface area contributed by atoms with Crippen LogP contribution in [0, 0.1) is 5.92 Å².